The fourth-order valence-corrected chi connectivity index (χ4v) is 6.54. The quantitative estimate of drug-likeness (QED) is 0.217. The second-order valence-electron chi connectivity index (χ2n) is 11.1. The molecule has 2 amide bonds. The molecule has 2 heterocycles. The smallest absolute Gasteiger partial charge is 0.406 e. The molecule has 46 heavy (non-hydrogen) atoms. The summed E-state index contributed by atoms with van der Waals surface area (Å²) in [5.74, 6) is 1.14. The van der Waals surface area contributed by atoms with Gasteiger partial charge in [-0.2, -0.15) is 10.3 Å². The fraction of sp³-hybridized carbons (Fsp3) is 0.303. The second-order valence-corrected chi connectivity index (χ2v) is 12.2. The standard InChI is InChI=1S/C33H32F3N7O2S/c1-20(2)29-21(3)6-5-7-28(29)43-22(4)16-17-46-32(43)40-31(44)39-27(18-37)23-8-10-24(11-9-23)30-38-19-42(41-30)25-12-14-26(15-13-25)45-33(34,35)36/h5-15,19-20,22,27H,16-17H2,1-4H3,(H,39,44)/b40-32-. The van der Waals surface area contributed by atoms with E-state index >= 15 is 0 Å². The molecule has 0 saturated carbocycles. The molecular weight excluding hydrogens is 615 g/mol. The molecule has 5 rings (SSSR count). The molecule has 1 saturated heterocycles. The normalized spacial score (nSPS) is 16.7. The Bertz CT molecular complexity index is 1760. The van der Waals surface area contributed by atoms with E-state index in [1.54, 1.807) is 24.3 Å². The molecule has 9 nitrogen and oxygen atoms in total. The lowest BCUT2D eigenvalue weighted by Crippen LogP contribution is -2.43. The van der Waals surface area contributed by atoms with Gasteiger partial charge in [0.2, 0.25) is 0 Å². The van der Waals surface area contributed by atoms with Gasteiger partial charge in [0.25, 0.3) is 0 Å². The first-order valence-electron chi connectivity index (χ1n) is 14.6. The SMILES string of the molecule is Cc1cccc(N2/C(=N/C(=O)NC(C#N)c3ccc(-c4ncn(-c5ccc(OC(F)(F)F)cc5)n4)cc3)SCCC2C)c1C(C)C. The highest BCUT2D eigenvalue weighted by atomic mass is 32.2. The van der Waals surface area contributed by atoms with Crippen LogP contribution in [0.2, 0.25) is 0 Å². The summed E-state index contributed by atoms with van der Waals surface area (Å²) in [5, 5.41) is 17.6. The first kappa shape index (κ1) is 32.6. The number of amidine groups is 1. The number of carbonyl (C=O) groups is 1. The minimum atomic E-state index is -4.77. The van der Waals surface area contributed by atoms with E-state index < -0.39 is 18.4 Å². The van der Waals surface area contributed by atoms with Crippen LogP contribution < -0.4 is 15.0 Å². The Kier molecular flexibility index (Phi) is 9.67. The van der Waals surface area contributed by atoms with Gasteiger partial charge >= 0.3 is 12.4 Å². The zero-order valence-electron chi connectivity index (χ0n) is 25.6. The van der Waals surface area contributed by atoms with E-state index in [2.05, 4.69) is 75.9 Å². The molecule has 2 unspecified atom stereocenters. The topological polar surface area (TPSA) is 108 Å². The summed E-state index contributed by atoms with van der Waals surface area (Å²) in [5.41, 5.74) is 5.13. The van der Waals surface area contributed by atoms with E-state index in [1.807, 2.05) is 6.07 Å². The number of nitrogens with one attached hydrogen (secondary N) is 1. The van der Waals surface area contributed by atoms with Crippen molar-refractivity contribution in [3.8, 4) is 28.9 Å². The van der Waals surface area contributed by atoms with Gasteiger partial charge in [0, 0.05) is 23.0 Å². The predicted octanol–water partition coefficient (Wildman–Crippen LogP) is 7.93. The van der Waals surface area contributed by atoms with Crippen molar-refractivity contribution < 1.29 is 22.7 Å². The van der Waals surface area contributed by atoms with E-state index in [-0.39, 0.29) is 17.7 Å². The highest BCUT2D eigenvalue weighted by molar-refractivity contribution is 8.14. The van der Waals surface area contributed by atoms with Crippen molar-refractivity contribution in [1.29, 1.82) is 5.26 Å². The van der Waals surface area contributed by atoms with Crippen molar-refractivity contribution in [2.75, 3.05) is 10.7 Å². The number of carbonyl (C=O) groups excluding carboxylic acids is 1. The van der Waals surface area contributed by atoms with Gasteiger partial charge in [-0.05, 0) is 73.2 Å². The largest absolute Gasteiger partial charge is 0.573 e. The van der Waals surface area contributed by atoms with Crippen molar-refractivity contribution in [3.05, 3.63) is 89.7 Å². The molecule has 238 valence electrons. The number of hydrogen-bond donors (Lipinski definition) is 1. The van der Waals surface area contributed by atoms with Crippen LogP contribution >= 0.6 is 11.8 Å². The summed E-state index contributed by atoms with van der Waals surface area (Å²) in [4.78, 5) is 24.0. The summed E-state index contributed by atoms with van der Waals surface area (Å²) < 4.78 is 42.7. The Morgan fingerprint density at radius 2 is 1.85 bits per heavy atom. The Balaban J connectivity index is 1.29. The molecule has 1 aliphatic rings. The minimum Gasteiger partial charge on any atom is -0.406 e. The van der Waals surface area contributed by atoms with Crippen molar-refractivity contribution in [3.63, 3.8) is 0 Å². The first-order chi connectivity index (χ1) is 21.9. The average Bonchev–Trinajstić information content (AvgIpc) is 3.50. The third-order valence-electron chi connectivity index (χ3n) is 7.47. The molecule has 0 spiro atoms. The molecule has 1 fully saturated rings. The summed E-state index contributed by atoms with van der Waals surface area (Å²) in [6.07, 6.45) is -2.39. The molecule has 0 bridgehead atoms. The maximum atomic E-state index is 13.2. The number of benzene rings is 3. The van der Waals surface area contributed by atoms with Crippen LogP contribution in [0.3, 0.4) is 0 Å². The van der Waals surface area contributed by atoms with E-state index in [9.17, 15) is 23.2 Å². The molecule has 3 aromatic carbocycles. The van der Waals surface area contributed by atoms with Crippen LogP contribution in [0.15, 0.2) is 78.0 Å². The molecule has 1 aliphatic heterocycles. The number of aromatic nitrogens is 3. The molecule has 1 aromatic heterocycles. The molecule has 1 N–H and O–H groups in total. The minimum absolute atomic E-state index is 0.145. The third kappa shape index (κ3) is 7.51. The van der Waals surface area contributed by atoms with Gasteiger partial charge in [-0.25, -0.2) is 14.5 Å². The summed E-state index contributed by atoms with van der Waals surface area (Å²) >= 11 is 1.52. The number of nitrogens with zero attached hydrogens (tertiary/aromatic N) is 6. The summed E-state index contributed by atoms with van der Waals surface area (Å²) in [7, 11) is 0. The van der Waals surface area contributed by atoms with E-state index in [4.69, 9.17) is 0 Å². The van der Waals surface area contributed by atoms with Crippen LogP contribution in [-0.2, 0) is 0 Å². The Hall–Kier alpha value is -4.83. The number of amides is 2. The molecule has 4 aromatic rings. The highest BCUT2D eigenvalue weighted by Crippen LogP contribution is 2.36. The van der Waals surface area contributed by atoms with Crippen LogP contribution in [0.4, 0.5) is 23.7 Å². The fourth-order valence-electron chi connectivity index (χ4n) is 5.34. The van der Waals surface area contributed by atoms with E-state index in [0.717, 1.165) is 17.9 Å². The molecule has 0 aliphatic carbocycles. The van der Waals surface area contributed by atoms with Gasteiger partial charge in [-0.15, -0.1) is 18.3 Å². The average molecular weight is 648 g/mol. The Morgan fingerprint density at radius 3 is 2.50 bits per heavy atom. The number of anilines is 1. The van der Waals surface area contributed by atoms with Crippen molar-refractivity contribution >= 4 is 28.6 Å². The number of hydrogen-bond acceptors (Lipinski definition) is 6. The van der Waals surface area contributed by atoms with Crippen LogP contribution in [0.1, 0.15) is 55.8 Å². The number of urea groups is 1. The van der Waals surface area contributed by atoms with Crippen molar-refractivity contribution in [1.82, 2.24) is 20.1 Å². The zero-order valence-corrected chi connectivity index (χ0v) is 26.4. The van der Waals surface area contributed by atoms with Crippen molar-refractivity contribution in [2.24, 2.45) is 4.99 Å². The first-order valence-corrected chi connectivity index (χ1v) is 15.6. The lowest BCUT2D eigenvalue weighted by Gasteiger charge is -2.37. The van der Waals surface area contributed by atoms with Gasteiger partial charge < -0.3 is 15.0 Å². The van der Waals surface area contributed by atoms with Gasteiger partial charge in [0.1, 0.15) is 18.1 Å². The monoisotopic (exact) mass is 647 g/mol. The van der Waals surface area contributed by atoms with Gasteiger partial charge in [-0.3, -0.25) is 0 Å². The van der Waals surface area contributed by atoms with Crippen molar-refractivity contribution in [2.45, 2.75) is 58.5 Å². The van der Waals surface area contributed by atoms with Gasteiger partial charge in [0.15, 0.2) is 11.0 Å². The molecular formula is C33H32F3N7O2S. The number of nitriles is 1. The van der Waals surface area contributed by atoms with Crippen LogP contribution in [-0.4, -0.2) is 44.1 Å². The Morgan fingerprint density at radius 1 is 1.13 bits per heavy atom. The number of alkyl halides is 3. The lowest BCUT2D eigenvalue weighted by molar-refractivity contribution is -0.274. The highest BCUT2D eigenvalue weighted by Gasteiger charge is 2.31. The number of thioether (sulfide) groups is 1. The van der Waals surface area contributed by atoms with Crippen LogP contribution in [0.5, 0.6) is 5.75 Å². The maximum Gasteiger partial charge on any atom is 0.573 e. The van der Waals surface area contributed by atoms with Gasteiger partial charge in [-0.1, -0.05) is 62.0 Å². The predicted molar refractivity (Wildman–Crippen MR) is 172 cm³/mol. The lowest BCUT2D eigenvalue weighted by atomic mass is 9.95. The number of rotatable bonds is 7. The van der Waals surface area contributed by atoms with E-state index in [1.165, 1.54) is 58.2 Å². The Labute approximate surface area is 269 Å². The zero-order chi connectivity index (χ0) is 33.0. The number of aryl methyl sites for hydroxylation is 1. The maximum absolute atomic E-state index is 13.2. The summed E-state index contributed by atoms with van der Waals surface area (Å²) in [6, 6.07) is 19.0. The number of aliphatic imine (C=N–C) groups is 1. The molecule has 13 heteroatoms. The van der Waals surface area contributed by atoms with Crippen LogP contribution in [0.25, 0.3) is 17.1 Å². The number of ether oxygens (including phenoxy) is 1. The number of halogens is 3. The van der Waals surface area contributed by atoms with Gasteiger partial charge in [0.05, 0.1) is 11.8 Å². The van der Waals surface area contributed by atoms with Crippen LogP contribution in [0, 0.1) is 18.3 Å². The van der Waals surface area contributed by atoms with E-state index in [0.29, 0.717) is 27.8 Å². The molecule has 2 atom stereocenters. The third-order valence-corrected chi connectivity index (χ3v) is 8.46. The molecule has 0 radical (unpaired) electrons. The second kappa shape index (κ2) is 13.7. The summed E-state index contributed by atoms with van der Waals surface area (Å²) in [6.45, 7) is 8.52.